The second-order valence-corrected chi connectivity index (χ2v) is 4.25. The molecule has 0 atom stereocenters. The van der Waals surface area contributed by atoms with Crippen molar-refractivity contribution >= 4 is 24.2 Å². The van der Waals surface area contributed by atoms with Crippen molar-refractivity contribution < 1.29 is 10.0 Å². The molecule has 0 aliphatic rings. The fourth-order valence-corrected chi connectivity index (χ4v) is 1.88. The average molecular weight is 247 g/mol. The Morgan fingerprint density at radius 2 is 2.00 bits per heavy atom. The highest BCUT2D eigenvalue weighted by molar-refractivity contribution is 6.59. The van der Waals surface area contributed by atoms with E-state index in [1.165, 1.54) is 12.3 Å². The predicted molar refractivity (Wildman–Crippen MR) is 69.2 cm³/mol. The van der Waals surface area contributed by atoms with Crippen LogP contribution in [0.3, 0.4) is 0 Å². The zero-order valence-corrected chi connectivity index (χ0v) is 10.0. The molecule has 2 N–H and O–H groups in total. The van der Waals surface area contributed by atoms with Crippen LogP contribution in [0, 0.1) is 6.92 Å². The van der Waals surface area contributed by atoms with Crippen LogP contribution < -0.4 is 5.46 Å². The minimum Gasteiger partial charge on any atom is -0.423 e. The molecule has 1 heterocycles. The fraction of sp³-hybridized carbons (Fsp3) is 0.0833. The van der Waals surface area contributed by atoms with E-state index in [1.54, 1.807) is 0 Å². The molecule has 3 nitrogen and oxygen atoms in total. The van der Waals surface area contributed by atoms with Gasteiger partial charge in [0.2, 0.25) is 0 Å². The van der Waals surface area contributed by atoms with E-state index in [4.69, 9.17) is 21.6 Å². The van der Waals surface area contributed by atoms with Crippen LogP contribution in [0.2, 0.25) is 5.02 Å². The van der Waals surface area contributed by atoms with Gasteiger partial charge in [-0.1, -0.05) is 35.4 Å². The molecule has 0 unspecified atom stereocenters. The first kappa shape index (κ1) is 12.1. The zero-order chi connectivity index (χ0) is 12.4. The van der Waals surface area contributed by atoms with Gasteiger partial charge in [-0.2, -0.15) is 0 Å². The summed E-state index contributed by atoms with van der Waals surface area (Å²) in [5.74, 6) is 0. The van der Waals surface area contributed by atoms with Crippen molar-refractivity contribution in [2.45, 2.75) is 6.92 Å². The molecule has 0 radical (unpaired) electrons. The van der Waals surface area contributed by atoms with Gasteiger partial charge in [0.25, 0.3) is 0 Å². The molecule has 17 heavy (non-hydrogen) atoms. The quantitative estimate of drug-likeness (QED) is 0.789. The van der Waals surface area contributed by atoms with Crippen LogP contribution in [0.5, 0.6) is 0 Å². The van der Waals surface area contributed by atoms with Gasteiger partial charge < -0.3 is 10.0 Å². The number of rotatable bonds is 2. The summed E-state index contributed by atoms with van der Waals surface area (Å²) >= 11 is 6.08. The Hall–Kier alpha value is -1.36. The molecule has 5 heteroatoms. The second-order valence-electron chi connectivity index (χ2n) is 3.84. The molecule has 0 aliphatic heterocycles. The number of aromatic nitrogens is 1. The summed E-state index contributed by atoms with van der Waals surface area (Å²) in [4.78, 5) is 4.16. The largest absolute Gasteiger partial charge is 0.490 e. The fourth-order valence-electron chi connectivity index (χ4n) is 1.60. The van der Waals surface area contributed by atoms with Gasteiger partial charge >= 0.3 is 7.12 Å². The van der Waals surface area contributed by atoms with E-state index in [9.17, 15) is 0 Å². The first-order valence-electron chi connectivity index (χ1n) is 5.16. The number of hydrogen-bond acceptors (Lipinski definition) is 3. The summed E-state index contributed by atoms with van der Waals surface area (Å²) in [7, 11) is -1.55. The molecular weight excluding hydrogens is 236 g/mol. The number of benzene rings is 1. The summed E-state index contributed by atoms with van der Waals surface area (Å²) in [6.07, 6.45) is 1.41. The molecule has 0 spiro atoms. The molecule has 0 fully saturated rings. The minimum absolute atomic E-state index is 0.284. The van der Waals surface area contributed by atoms with Gasteiger partial charge in [0.1, 0.15) is 0 Å². The van der Waals surface area contributed by atoms with E-state index in [1.807, 2.05) is 31.2 Å². The summed E-state index contributed by atoms with van der Waals surface area (Å²) in [6, 6.07) is 9.32. The molecule has 0 saturated heterocycles. The van der Waals surface area contributed by atoms with E-state index < -0.39 is 7.12 Å². The van der Waals surface area contributed by atoms with Crippen LogP contribution in [0.15, 0.2) is 36.5 Å². The molecule has 1 aromatic carbocycles. The molecule has 2 rings (SSSR count). The van der Waals surface area contributed by atoms with Gasteiger partial charge in [0, 0.05) is 17.2 Å². The molecule has 86 valence electrons. The van der Waals surface area contributed by atoms with Crippen molar-refractivity contribution in [3.05, 3.63) is 47.1 Å². The lowest BCUT2D eigenvalue weighted by Crippen LogP contribution is -2.30. The lowest BCUT2D eigenvalue weighted by molar-refractivity contribution is 0.425. The van der Waals surface area contributed by atoms with Crippen LogP contribution in [-0.4, -0.2) is 22.2 Å². The average Bonchev–Trinajstić information content (AvgIpc) is 2.28. The van der Waals surface area contributed by atoms with Crippen molar-refractivity contribution in [1.82, 2.24) is 4.98 Å². The van der Waals surface area contributed by atoms with Crippen LogP contribution in [0.4, 0.5) is 0 Å². The predicted octanol–water partition coefficient (Wildman–Crippen LogP) is 1.39. The van der Waals surface area contributed by atoms with Crippen LogP contribution in [-0.2, 0) is 0 Å². The number of nitrogens with zero attached hydrogens (tertiary/aromatic N) is 1. The Balaban J connectivity index is 2.47. The van der Waals surface area contributed by atoms with Crippen molar-refractivity contribution in [1.29, 1.82) is 0 Å². The van der Waals surface area contributed by atoms with Crippen LogP contribution in [0.25, 0.3) is 11.3 Å². The molecule has 2 aromatic rings. The van der Waals surface area contributed by atoms with Crippen LogP contribution in [0.1, 0.15) is 5.56 Å². The highest BCUT2D eigenvalue weighted by Crippen LogP contribution is 2.25. The lowest BCUT2D eigenvalue weighted by atomic mass is 9.81. The number of halogens is 1. The lowest BCUT2D eigenvalue weighted by Gasteiger charge is -2.06. The maximum absolute atomic E-state index is 9.01. The molecule has 0 bridgehead atoms. The molecule has 0 saturated carbocycles. The number of aryl methyl sites for hydroxylation is 1. The maximum Gasteiger partial charge on any atom is 0.490 e. The smallest absolute Gasteiger partial charge is 0.423 e. The summed E-state index contributed by atoms with van der Waals surface area (Å²) in [5, 5.41) is 18.4. The zero-order valence-electron chi connectivity index (χ0n) is 9.26. The van der Waals surface area contributed by atoms with Gasteiger partial charge in [-0.25, -0.2) is 0 Å². The monoisotopic (exact) mass is 247 g/mol. The van der Waals surface area contributed by atoms with E-state index >= 15 is 0 Å². The van der Waals surface area contributed by atoms with Crippen molar-refractivity contribution in [3.8, 4) is 11.3 Å². The van der Waals surface area contributed by atoms with Gasteiger partial charge in [0.05, 0.1) is 10.7 Å². The van der Waals surface area contributed by atoms with Gasteiger partial charge in [-0.15, -0.1) is 0 Å². The van der Waals surface area contributed by atoms with E-state index in [0.717, 1.165) is 11.1 Å². The molecule has 0 aliphatic carbocycles. The Morgan fingerprint density at radius 1 is 1.24 bits per heavy atom. The van der Waals surface area contributed by atoms with E-state index in [2.05, 4.69) is 4.98 Å². The maximum atomic E-state index is 9.01. The number of pyridine rings is 1. The third-order valence-electron chi connectivity index (χ3n) is 2.45. The van der Waals surface area contributed by atoms with Gasteiger partial charge in [-0.3, -0.25) is 4.98 Å². The third-order valence-corrected chi connectivity index (χ3v) is 2.74. The van der Waals surface area contributed by atoms with Crippen molar-refractivity contribution in [2.75, 3.05) is 0 Å². The highest BCUT2D eigenvalue weighted by atomic mass is 35.5. The molecule has 0 amide bonds. The summed E-state index contributed by atoms with van der Waals surface area (Å²) in [6.45, 7) is 1.99. The SMILES string of the molecule is Cc1cccc(-c2ncc(B(O)O)cc2Cl)c1. The molecular formula is C12H11BClNO2. The Kier molecular flexibility index (Phi) is 3.47. The first-order chi connectivity index (χ1) is 8.08. The Morgan fingerprint density at radius 3 is 2.59 bits per heavy atom. The molecule has 1 aromatic heterocycles. The Labute approximate surface area is 105 Å². The Bertz CT molecular complexity index is 546. The van der Waals surface area contributed by atoms with Gasteiger partial charge in [0.15, 0.2) is 0 Å². The minimum atomic E-state index is -1.55. The topological polar surface area (TPSA) is 53.4 Å². The highest BCUT2D eigenvalue weighted by Gasteiger charge is 2.14. The van der Waals surface area contributed by atoms with Crippen molar-refractivity contribution in [3.63, 3.8) is 0 Å². The van der Waals surface area contributed by atoms with Crippen LogP contribution >= 0.6 is 11.6 Å². The summed E-state index contributed by atoms with van der Waals surface area (Å²) < 4.78 is 0. The van der Waals surface area contributed by atoms with Crippen molar-refractivity contribution in [2.24, 2.45) is 0 Å². The summed E-state index contributed by atoms with van der Waals surface area (Å²) in [5.41, 5.74) is 2.95. The first-order valence-corrected chi connectivity index (χ1v) is 5.54. The third kappa shape index (κ3) is 2.66. The van der Waals surface area contributed by atoms with Gasteiger partial charge in [-0.05, 0) is 19.1 Å². The number of hydrogen-bond donors (Lipinski definition) is 2. The van der Waals surface area contributed by atoms with E-state index in [0.29, 0.717) is 10.7 Å². The second kappa shape index (κ2) is 4.88. The standard InChI is InChI=1S/C12H11BClNO2/c1-8-3-2-4-9(5-8)12-11(14)6-10(7-15-12)13(16)17/h2-7,16-17H,1H3. The van der Waals surface area contributed by atoms with E-state index in [-0.39, 0.29) is 5.46 Å². The normalized spacial score (nSPS) is 10.4.